The standard InChI is InChI=1S/C10H15N3O3S/c1-13(2)12-11-9-3-5-10(6-4-9)17(15,16)8-7-14/h3-6,14H,7-8H2,1-2H3. The Morgan fingerprint density at radius 1 is 1.24 bits per heavy atom. The van der Waals surface area contributed by atoms with Gasteiger partial charge in [0.1, 0.15) is 0 Å². The molecule has 6 nitrogen and oxygen atoms in total. The Labute approximate surface area is 100 Å². The third-order valence-electron chi connectivity index (χ3n) is 1.89. The van der Waals surface area contributed by atoms with E-state index in [0.29, 0.717) is 5.69 Å². The Balaban J connectivity index is 2.89. The zero-order valence-corrected chi connectivity index (χ0v) is 10.6. The van der Waals surface area contributed by atoms with Crippen molar-refractivity contribution in [2.75, 3.05) is 26.5 Å². The van der Waals surface area contributed by atoms with Gasteiger partial charge in [0.2, 0.25) is 0 Å². The van der Waals surface area contributed by atoms with E-state index in [9.17, 15) is 8.42 Å². The molecule has 0 atom stereocenters. The summed E-state index contributed by atoms with van der Waals surface area (Å²) in [6.45, 7) is -0.385. The van der Waals surface area contributed by atoms with Crippen molar-refractivity contribution in [3.05, 3.63) is 24.3 Å². The zero-order chi connectivity index (χ0) is 12.9. The Morgan fingerprint density at radius 3 is 2.29 bits per heavy atom. The summed E-state index contributed by atoms with van der Waals surface area (Å²) < 4.78 is 23.2. The topological polar surface area (TPSA) is 82.3 Å². The molecule has 0 amide bonds. The molecular formula is C10H15N3O3S. The molecule has 17 heavy (non-hydrogen) atoms. The lowest BCUT2D eigenvalue weighted by molar-refractivity contribution is 0.319. The number of aliphatic hydroxyl groups excluding tert-OH is 1. The second kappa shape index (κ2) is 5.74. The van der Waals surface area contributed by atoms with Gasteiger partial charge in [-0.25, -0.2) is 8.42 Å². The van der Waals surface area contributed by atoms with Crippen LogP contribution in [0.15, 0.2) is 39.5 Å². The Hall–Kier alpha value is -1.47. The van der Waals surface area contributed by atoms with Crippen molar-refractivity contribution in [3.8, 4) is 0 Å². The van der Waals surface area contributed by atoms with E-state index in [4.69, 9.17) is 5.11 Å². The van der Waals surface area contributed by atoms with Crippen LogP contribution in [0.3, 0.4) is 0 Å². The highest BCUT2D eigenvalue weighted by molar-refractivity contribution is 7.91. The lowest BCUT2D eigenvalue weighted by Gasteiger charge is -2.03. The number of hydrogen-bond acceptors (Lipinski definition) is 5. The minimum Gasteiger partial charge on any atom is -0.395 e. The second-order valence-corrected chi connectivity index (χ2v) is 5.68. The molecule has 0 fully saturated rings. The molecule has 0 heterocycles. The molecule has 0 saturated carbocycles. The van der Waals surface area contributed by atoms with Crippen LogP contribution in [-0.4, -0.2) is 45.0 Å². The lowest BCUT2D eigenvalue weighted by atomic mass is 10.3. The summed E-state index contributed by atoms with van der Waals surface area (Å²) in [5, 5.41) is 17.9. The molecule has 0 saturated heterocycles. The molecule has 1 rings (SSSR count). The third kappa shape index (κ3) is 4.12. The summed E-state index contributed by atoms with van der Waals surface area (Å²) in [5.74, 6) is -0.272. The van der Waals surface area contributed by atoms with Crippen LogP contribution in [0.25, 0.3) is 0 Å². The molecule has 0 unspecified atom stereocenters. The van der Waals surface area contributed by atoms with E-state index in [1.165, 1.54) is 17.1 Å². The van der Waals surface area contributed by atoms with Gasteiger partial charge in [-0.3, -0.25) is 5.01 Å². The number of hydrogen-bond donors (Lipinski definition) is 1. The summed E-state index contributed by atoms with van der Waals surface area (Å²) in [6.07, 6.45) is 0. The highest BCUT2D eigenvalue weighted by Crippen LogP contribution is 2.17. The van der Waals surface area contributed by atoms with Crippen LogP contribution in [0.1, 0.15) is 0 Å². The van der Waals surface area contributed by atoms with Crippen molar-refractivity contribution in [1.82, 2.24) is 5.01 Å². The SMILES string of the molecule is CN(C)N=Nc1ccc(S(=O)(=O)CCO)cc1. The van der Waals surface area contributed by atoms with Crippen LogP contribution < -0.4 is 0 Å². The second-order valence-electron chi connectivity index (χ2n) is 3.57. The predicted molar refractivity (Wildman–Crippen MR) is 63.8 cm³/mol. The maximum atomic E-state index is 11.6. The summed E-state index contributed by atoms with van der Waals surface area (Å²) in [4.78, 5) is 0.176. The van der Waals surface area contributed by atoms with Gasteiger partial charge in [-0.05, 0) is 24.3 Å². The first-order valence-corrected chi connectivity index (χ1v) is 6.63. The summed E-state index contributed by atoms with van der Waals surface area (Å²) in [5.41, 5.74) is 0.571. The van der Waals surface area contributed by atoms with Gasteiger partial charge in [0, 0.05) is 14.1 Å². The van der Waals surface area contributed by atoms with Gasteiger partial charge in [0.05, 0.1) is 22.9 Å². The van der Waals surface area contributed by atoms with Gasteiger partial charge in [0.15, 0.2) is 9.84 Å². The molecule has 0 radical (unpaired) electrons. The maximum Gasteiger partial charge on any atom is 0.180 e. The van der Waals surface area contributed by atoms with Crippen LogP contribution in [0.4, 0.5) is 5.69 Å². The van der Waals surface area contributed by atoms with Crippen LogP contribution >= 0.6 is 0 Å². The Bertz CT molecular complexity index is 480. The van der Waals surface area contributed by atoms with E-state index in [1.54, 1.807) is 26.2 Å². The maximum absolute atomic E-state index is 11.6. The fourth-order valence-electron chi connectivity index (χ4n) is 1.10. The Morgan fingerprint density at radius 2 is 1.82 bits per heavy atom. The van der Waals surface area contributed by atoms with Crippen molar-refractivity contribution >= 4 is 15.5 Å². The first kappa shape index (κ1) is 13.6. The average Bonchev–Trinajstić information content (AvgIpc) is 2.27. The number of nitrogens with zero attached hydrogens (tertiary/aromatic N) is 3. The third-order valence-corrected chi connectivity index (χ3v) is 3.61. The molecule has 94 valence electrons. The molecule has 7 heteroatoms. The van der Waals surface area contributed by atoms with E-state index in [-0.39, 0.29) is 17.3 Å². The van der Waals surface area contributed by atoms with Crippen LogP contribution in [0.2, 0.25) is 0 Å². The molecule has 1 aromatic carbocycles. The van der Waals surface area contributed by atoms with Gasteiger partial charge in [0.25, 0.3) is 0 Å². The summed E-state index contributed by atoms with van der Waals surface area (Å²) in [6, 6.07) is 6.04. The molecule has 0 aliphatic rings. The molecule has 1 N–H and O–H groups in total. The van der Waals surface area contributed by atoms with Crippen molar-refractivity contribution in [2.24, 2.45) is 10.3 Å². The highest BCUT2D eigenvalue weighted by atomic mass is 32.2. The first-order valence-electron chi connectivity index (χ1n) is 4.98. The predicted octanol–water partition coefficient (Wildman–Crippen LogP) is 1.01. The van der Waals surface area contributed by atoms with Gasteiger partial charge in [-0.1, -0.05) is 5.22 Å². The van der Waals surface area contributed by atoms with Crippen molar-refractivity contribution in [1.29, 1.82) is 0 Å². The van der Waals surface area contributed by atoms with Crippen molar-refractivity contribution in [2.45, 2.75) is 4.90 Å². The molecular weight excluding hydrogens is 242 g/mol. The highest BCUT2D eigenvalue weighted by Gasteiger charge is 2.12. The van der Waals surface area contributed by atoms with E-state index >= 15 is 0 Å². The van der Waals surface area contributed by atoms with Gasteiger partial charge < -0.3 is 5.11 Å². The van der Waals surface area contributed by atoms with E-state index in [2.05, 4.69) is 10.3 Å². The largest absolute Gasteiger partial charge is 0.395 e. The number of aliphatic hydroxyl groups is 1. The molecule has 0 spiro atoms. The normalized spacial score (nSPS) is 11.9. The number of rotatable bonds is 5. The minimum atomic E-state index is -3.39. The smallest absolute Gasteiger partial charge is 0.180 e. The zero-order valence-electron chi connectivity index (χ0n) is 9.74. The van der Waals surface area contributed by atoms with Crippen LogP contribution in [-0.2, 0) is 9.84 Å². The molecule has 0 bridgehead atoms. The van der Waals surface area contributed by atoms with Crippen molar-refractivity contribution < 1.29 is 13.5 Å². The monoisotopic (exact) mass is 257 g/mol. The Kier molecular flexibility index (Phi) is 4.59. The molecule has 0 aliphatic heterocycles. The molecule has 1 aromatic rings. The summed E-state index contributed by atoms with van der Waals surface area (Å²) >= 11 is 0. The van der Waals surface area contributed by atoms with E-state index < -0.39 is 9.84 Å². The lowest BCUT2D eigenvalue weighted by Crippen LogP contribution is -2.09. The van der Waals surface area contributed by atoms with E-state index in [0.717, 1.165) is 0 Å². The van der Waals surface area contributed by atoms with E-state index in [1.807, 2.05) is 0 Å². The van der Waals surface area contributed by atoms with Gasteiger partial charge in [-0.2, -0.15) is 0 Å². The quantitative estimate of drug-likeness (QED) is 0.630. The first-order chi connectivity index (χ1) is 7.95. The van der Waals surface area contributed by atoms with Gasteiger partial charge >= 0.3 is 0 Å². The van der Waals surface area contributed by atoms with Crippen molar-refractivity contribution in [3.63, 3.8) is 0 Å². The fraction of sp³-hybridized carbons (Fsp3) is 0.400. The average molecular weight is 257 g/mol. The fourth-order valence-corrected chi connectivity index (χ4v) is 2.13. The van der Waals surface area contributed by atoms with Crippen LogP contribution in [0.5, 0.6) is 0 Å². The number of sulfone groups is 1. The molecule has 0 aromatic heterocycles. The van der Waals surface area contributed by atoms with Crippen LogP contribution in [0, 0.1) is 0 Å². The minimum absolute atomic E-state index is 0.176. The molecule has 0 aliphatic carbocycles. The summed E-state index contributed by atoms with van der Waals surface area (Å²) in [7, 11) is 0.0882. The van der Waals surface area contributed by atoms with Gasteiger partial charge in [-0.15, -0.1) is 5.11 Å². The number of benzene rings is 1.